The Balaban J connectivity index is 2.23. The number of carbonyl (C=O) groups excluding carboxylic acids is 1. The highest BCUT2D eigenvalue weighted by Gasteiger charge is 2.10. The number of rotatable bonds is 3. The van der Waals surface area contributed by atoms with Crippen molar-refractivity contribution in [3.05, 3.63) is 52.3 Å². The molecule has 2 rings (SSSR count). The van der Waals surface area contributed by atoms with Gasteiger partial charge in [0, 0.05) is 21.8 Å². The van der Waals surface area contributed by atoms with E-state index in [-0.39, 0.29) is 5.56 Å². The molecule has 4 nitrogen and oxygen atoms in total. The molecule has 0 radical (unpaired) electrons. The molecule has 0 aliphatic heterocycles. The van der Waals surface area contributed by atoms with E-state index in [0.29, 0.717) is 21.6 Å². The maximum atomic E-state index is 13.3. The van der Waals surface area contributed by atoms with E-state index in [1.165, 1.54) is 19.2 Å². The molecule has 0 aromatic heterocycles. The van der Waals surface area contributed by atoms with Crippen LogP contribution in [0.4, 0.5) is 15.8 Å². The van der Waals surface area contributed by atoms with E-state index >= 15 is 0 Å². The summed E-state index contributed by atoms with van der Waals surface area (Å²) >= 11 is 3.14. The SMILES string of the molecule is COc1cc(NC(=O)c2cc(F)cc(Br)c2)ccc1N. The second-order valence-corrected chi connectivity index (χ2v) is 4.98. The van der Waals surface area contributed by atoms with Gasteiger partial charge in [0.1, 0.15) is 11.6 Å². The smallest absolute Gasteiger partial charge is 0.255 e. The molecule has 0 atom stereocenters. The molecule has 2 aromatic carbocycles. The molecule has 0 unspecified atom stereocenters. The molecule has 0 heterocycles. The molecule has 104 valence electrons. The Kier molecular flexibility index (Phi) is 4.24. The van der Waals surface area contributed by atoms with Crippen molar-refractivity contribution < 1.29 is 13.9 Å². The van der Waals surface area contributed by atoms with E-state index in [1.807, 2.05) is 0 Å². The fourth-order valence-electron chi connectivity index (χ4n) is 1.68. The molecule has 0 aliphatic carbocycles. The molecule has 1 amide bonds. The van der Waals surface area contributed by atoms with Crippen LogP contribution >= 0.6 is 15.9 Å². The van der Waals surface area contributed by atoms with Gasteiger partial charge in [-0.1, -0.05) is 15.9 Å². The number of nitrogens with two attached hydrogens (primary N) is 1. The Bertz CT molecular complexity index is 641. The van der Waals surface area contributed by atoms with Gasteiger partial charge >= 0.3 is 0 Å². The van der Waals surface area contributed by atoms with Gasteiger partial charge in [-0.25, -0.2) is 4.39 Å². The number of nitrogens with one attached hydrogen (secondary N) is 1. The van der Waals surface area contributed by atoms with Crippen LogP contribution in [0.1, 0.15) is 10.4 Å². The fraction of sp³-hybridized carbons (Fsp3) is 0.0714. The number of anilines is 2. The largest absolute Gasteiger partial charge is 0.495 e. The van der Waals surface area contributed by atoms with Gasteiger partial charge in [0.05, 0.1) is 12.8 Å². The lowest BCUT2D eigenvalue weighted by molar-refractivity contribution is 0.102. The van der Waals surface area contributed by atoms with E-state index in [9.17, 15) is 9.18 Å². The minimum absolute atomic E-state index is 0.215. The first kappa shape index (κ1) is 14.3. The van der Waals surface area contributed by atoms with E-state index < -0.39 is 11.7 Å². The zero-order chi connectivity index (χ0) is 14.7. The minimum Gasteiger partial charge on any atom is -0.495 e. The first-order chi connectivity index (χ1) is 9.49. The van der Waals surface area contributed by atoms with E-state index in [4.69, 9.17) is 10.5 Å². The molecule has 0 saturated carbocycles. The highest BCUT2D eigenvalue weighted by Crippen LogP contribution is 2.25. The highest BCUT2D eigenvalue weighted by atomic mass is 79.9. The maximum Gasteiger partial charge on any atom is 0.255 e. The number of amides is 1. The Hall–Kier alpha value is -2.08. The second-order valence-electron chi connectivity index (χ2n) is 4.07. The molecule has 0 bridgehead atoms. The van der Waals surface area contributed by atoms with Crippen LogP contribution < -0.4 is 15.8 Å². The summed E-state index contributed by atoms with van der Waals surface area (Å²) in [7, 11) is 1.49. The van der Waals surface area contributed by atoms with Crippen LogP contribution in [0.3, 0.4) is 0 Å². The zero-order valence-corrected chi connectivity index (χ0v) is 12.2. The van der Waals surface area contributed by atoms with Gasteiger partial charge in [-0.2, -0.15) is 0 Å². The van der Waals surface area contributed by atoms with Crippen LogP contribution in [-0.4, -0.2) is 13.0 Å². The lowest BCUT2D eigenvalue weighted by atomic mass is 10.2. The summed E-state index contributed by atoms with van der Waals surface area (Å²) in [5, 5.41) is 2.65. The average molecular weight is 339 g/mol. The van der Waals surface area contributed by atoms with Gasteiger partial charge in [0.2, 0.25) is 0 Å². The second kappa shape index (κ2) is 5.92. The Morgan fingerprint density at radius 3 is 2.70 bits per heavy atom. The van der Waals surface area contributed by atoms with Gasteiger partial charge in [-0.15, -0.1) is 0 Å². The predicted molar refractivity (Wildman–Crippen MR) is 79.5 cm³/mol. The van der Waals surface area contributed by atoms with Gasteiger partial charge < -0.3 is 15.8 Å². The lowest BCUT2D eigenvalue weighted by Gasteiger charge is -2.09. The van der Waals surface area contributed by atoms with Gasteiger partial charge in [-0.05, 0) is 30.3 Å². The summed E-state index contributed by atoms with van der Waals surface area (Å²) in [6.07, 6.45) is 0. The van der Waals surface area contributed by atoms with Crippen molar-refractivity contribution in [1.82, 2.24) is 0 Å². The van der Waals surface area contributed by atoms with Gasteiger partial charge in [0.15, 0.2) is 0 Å². The Morgan fingerprint density at radius 2 is 2.05 bits per heavy atom. The molecule has 2 aromatic rings. The molecule has 0 aliphatic rings. The Morgan fingerprint density at radius 1 is 1.30 bits per heavy atom. The molecule has 3 N–H and O–H groups in total. The van der Waals surface area contributed by atoms with Crippen LogP contribution in [0, 0.1) is 5.82 Å². The first-order valence-corrected chi connectivity index (χ1v) is 6.50. The molecular formula is C14H12BrFN2O2. The highest BCUT2D eigenvalue weighted by molar-refractivity contribution is 9.10. The monoisotopic (exact) mass is 338 g/mol. The van der Waals surface area contributed by atoms with Crippen molar-refractivity contribution in [2.45, 2.75) is 0 Å². The number of carbonyl (C=O) groups is 1. The number of halogens is 2. The summed E-state index contributed by atoms with van der Waals surface area (Å²) < 4.78 is 18.8. The normalized spacial score (nSPS) is 10.2. The molecule has 0 saturated heterocycles. The van der Waals surface area contributed by atoms with Crippen LogP contribution in [-0.2, 0) is 0 Å². The lowest BCUT2D eigenvalue weighted by Crippen LogP contribution is -2.12. The molecule has 6 heteroatoms. The fourth-order valence-corrected chi connectivity index (χ4v) is 2.14. The number of ether oxygens (including phenoxy) is 1. The summed E-state index contributed by atoms with van der Waals surface area (Å²) in [6.45, 7) is 0. The third-order valence-electron chi connectivity index (χ3n) is 2.62. The minimum atomic E-state index is -0.487. The summed E-state index contributed by atoms with van der Waals surface area (Å²) in [5.41, 5.74) is 6.89. The third kappa shape index (κ3) is 3.27. The zero-order valence-electron chi connectivity index (χ0n) is 10.6. The molecule has 20 heavy (non-hydrogen) atoms. The third-order valence-corrected chi connectivity index (χ3v) is 3.07. The van der Waals surface area contributed by atoms with Crippen LogP contribution in [0.15, 0.2) is 40.9 Å². The number of benzene rings is 2. The number of hydrogen-bond acceptors (Lipinski definition) is 3. The van der Waals surface area contributed by atoms with E-state index in [0.717, 1.165) is 6.07 Å². The van der Waals surface area contributed by atoms with Crippen molar-refractivity contribution in [2.24, 2.45) is 0 Å². The van der Waals surface area contributed by atoms with Crippen molar-refractivity contribution in [1.29, 1.82) is 0 Å². The van der Waals surface area contributed by atoms with Crippen LogP contribution in [0.25, 0.3) is 0 Å². The topological polar surface area (TPSA) is 64.3 Å². The molecule has 0 spiro atoms. The van der Waals surface area contributed by atoms with Gasteiger partial charge in [0.25, 0.3) is 5.91 Å². The Labute approximate surface area is 123 Å². The van der Waals surface area contributed by atoms with Crippen LogP contribution in [0.5, 0.6) is 5.75 Å². The molecule has 0 fully saturated rings. The van der Waals surface area contributed by atoms with E-state index in [1.54, 1.807) is 18.2 Å². The number of nitrogen functional groups attached to an aromatic ring is 1. The quantitative estimate of drug-likeness (QED) is 0.842. The summed E-state index contributed by atoms with van der Waals surface area (Å²) in [4.78, 5) is 12.0. The molecular weight excluding hydrogens is 327 g/mol. The van der Waals surface area contributed by atoms with Crippen molar-refractivity contribution in [3.63, 3.8) is 0 Å². The number of hydrogen-bond donors (Lipinski definition) is 2. The summed E-state index contributed by atoms with van der Waals surface area (Å²) in [5.74, 6) is -0.445. The van der Waals surface area contributed by atoms with Crippen molar-refractivity contribution in [3.8, 4) is 5.75 Å². The average Bonchev–Trinajstić information content (AvgIpc) is 2.39. The van der Waals surface area contributed by atoms with E-state index in [2.05, 4.69) is 21.2 Å². The van der Waals surface area contributed by atoms with Gasteiger partial charge in [-0.3, -0.25) is 4.79 Å². The predicted octanol–water partition coefficient (Wildman–Crippen LogP) is 3.43. The van der Waals surface area contributed by atoms with Crippen molar-refractivity contribution >= 4 is 33.2 Å². The maximum absolute atomic E-state index is 13.3. The number of methoxy groups -OCH3 is 1. The summed E-state index contributed by atoms with van der Waals surface area (Å²) in [6, 6.07) is 8.84. The standard InChI is InChI=1S/C14H12BrFN2O2/c1-20-13-7-11(2-3-12(13)17)18-14(19)8-4-9(15)6-10(16)5-8/h2-7H,17H2,1H3,(H,18,19). The van der Waals surface area contributed by atoms with Crippen LogP contribution in [0.2, 0.25) is 0 Å². The van der Waals surface area contributed by atoms with Crippen molar-refractivity contribution in [2.75, 3.05) is 18.2 Å². The first-order valence-electron chi connectivity index (χ1n) is 5.70.